The van der Waals surface area contributed by atoms with Gasteiger partial charge in [0.1, 0.15) is 5.75 Å². The van der Waals surface area contributed by atoms with Crippen molar-refractivity contribution < 1.29 is 9.53 Å². The summed E-state index contributed by atoms with van der Waals surface area (Å²) in [4.78, 5) is 29.6. The zero-order valence-corrected chi connectivity index (χ0v) is 16.4. The molecule has 3 aromatic rings. The standard InChI is InChI=1S/C21H21N3O3S/c1-3-12-22-19(25)14-28-21-23-18-7-5-4-6-17(18)20(26)24(21)13-15-8-10-16(27-2)11-9-15/h3-11H,1,12-14H2,2H3,(H,22,25). The minimum absolute atomic E-state index is 0.129. The number of thioether (sulfide) groups is 1. The first-order chi connectivity index (χ1) is 13.6. The number of nitrogens with zero attached hydrogens (tertiary/aromatic N) is 2. The van der Waals surface area contributed by atoms with E-state index in [-0.39, 0.29) is 17.2 Å². The van der Waals surface area contributed by atoms with E-state index in [9.17, 15) is 9.59 Å². The number of para-hydroxylation sites is 1. The third kappa shape index (κ3) is 4.61. The van der Waals surface area contributed by atoms with Crippen molar-refractivity contribution in [1.82, 2.24) is 14.9 Å². The Bertz CT molecular complexity index is 1040. The van der Waals surface area contributed by atoms with Crippen molar-refractivity contribution in [2.24, 2.45) is 0 Å². The number of carbonyl (C=O) groups excluding carboxylic acids is 1. The van der Waals surface area contributed by atoms with Crippen LogP contribution in [0.4, 0.5) is 0 Å². The Hall–Kier alpha value is -3.06. The van der Waals surface area contributed by atoms with Crippen LogP contribution in [0.1, 0.15) is 5.56 Å². The lowest BCUT2D eigenvalue weighted by atomic mass is 10.2. The van der Waals surface area contributed by atoms with Crippen molar-refractivity contribution in [3.63, 3.8) is 0 Å². The number of ether oxygens (including phenoxy) is 1. The Morgan fingerprint density at radius 3 is 2.71 bits per heavy atom. The van der Waals surface area contributed by atoms with E-state index in [1.165, 1.54) is 11.8 Å². The van der Waals surface area contributed by atoms with Gasteiger partial charge in [-0.05, 0) is 29.8 Å². The lowest BCUT2D eigenvalue weighted by Crippen LogP contribution is -2.27. The Morgan fingerprint density at radius 1 is 1.25 bits per heavy atom. The number of amides is 1. The fraction of sp³-hybridized carbons (Fsp3) is 0.190. The predicted octanol–water partition coefficient (Wildman–Crippen LogP) is 2.85. The van der Waals surface area contributed by atoms with Gasteiger partial charge < -0.3 is 10.1 Å². The fourth-order valence-corrected chi connectivity index (χ4v) is 3.51. The summed E-state index contributed by atoms with van der Waals surface area (Å²) in [7, 11) is 1.61. The van der Waals surface area contributed by atoms with E-state index in [4.69, 9.17) is 4.74 Å². The van der Waals surface area contributed by atoms with Crippen molar-refractivity contribution in [3.8, 4) is 5.75 Å². The number of hydrogen-bond donors (Lipinski definition) is 1. The number of methoxy groups -OCH3 is 1. The van der Waals surface area contributed by atoms with Gasteiger partial charge in [0.2, 0.25) is 5.91 Å². The molecular weight excluding hydrogens is 374 g/mol. The minimum Gasteiger partial charge on any atom is -0.497 e. The van der Waals surface area contributed by atoms with Crippen LogP contribution in [0.3, 0.4) is 0 Å². The fourth-order valence-electron chi connectivity index (χ4n) is 2.68. The molecular formula is C21H21N3O3S. The smallest absolute Gasteiger partial charge is 0.262 e. The average molecular weight is 395 g/mol. The van der Waals surface area contributed by atoms with Gasteiger partial charge in [-0.3, -0.25) is 14.2 Å². The first-order valence-corrected chi connectivity index (χ1v) is 9.74. The second-order valence-electron chi connectivity index (χ2n) is 6.03. The molecule has 0 unspecified atom stereocenters. The average Bonchev–Trinajstić information content (AvgIpc) is 2.73. The summed E-state index contributed by atoms with van der Waals surface area (Å²) in [5.74, 6) is 0.783. The highest BCUT2D eigenvalue weighted by molar-refractivity contribution is 7.99. The van der Waals surface area contributed by atoms with E-state index in [1.54, 1.807) is 29.9 Å². The number of carbonyl (C=O) groups is 1. The van der Waals surface area contributed by atoms with Gasteiger partial charge in [-0.15, -0.1) is 6.58 Å². The molecule has 0 saturated heterocycles. The zero-order valence-electron chi connectivity index (χ0n) is 15.6. The molecule has 28 heavy (non-hydrogen) atoms. The highest BCUT2D eigenvalue weighted by Crippen LogP contribution is 2.19. The van der Waals surface area contributed by atoms with E-state index < -0.39 is 0 Å². The molecule has 3 rings (SSSR count). The summed E-state index contributed by atoms with van der Waals surface area (Å²) in [6.45, 7) is 4.35. The number of aromatic nitrogens is 2. The Balaban J connectivity index is 1.94. The molecule has 2 aromatic carbocycles. The molecule has 1 N–H and O–H groups in total. The Kier molecular flexibility index (Phi) is 6.49. The molecule has 1 amide bonds. The maximum absolute atomic E-state index is 13.1. The molecule has 0 aliphatic heterocycles. The molecule has 0 aliphatic rings. The first kappa shape index (κ1) is 19.7. The number of nitrogens with one attached hydrogen (secondary N) is 1. The van der Waals surface area contributed by atoms with Gasteiger partial charge in [-0.25, -0.2) is 4.98 Å². The third-order valence-corrected chi connectivity index (χ3v) is 5.08. The SMILES string of the molecule is C=CCNC(=O)CSc1nc2ccccc2c(=O)n1Cc1ccc(OC)cc1. The minimum atomic E-state index is -0.136. The van der Waals surface area contributed by atoms with E-state index in [2.05, 4.69) is 16.9 Å². The van der Waals surface area contributed by atoms with Crippen LogP contribution < -0.4 is 15.6 Å². The largest absolute Gasteiger partial charge is 0.497 e. The molecule has 0 radical (unpaired) electrons. The van der Waals surface area contributed by atoms with Gasteiger partial charge in [0.15, 0.2) is 5.16 Å². The highest BCUT2D eigenvalue weighted by Gasteiger charge is 2.13. The van der Waals surface area contributed by atoms with Crippen LogP contribution in [0.5, 0.6) is 5.75 Å². The van der Waals surface area contributed by atoms with Crippen molar-refractivity contribution in [2.75, 3.05) is 19.4 Å². The van der Waals surface area contributed by atoms with E-state index in [0.717, 1.165) is 11.3 Å². The lowest BCUT2D eigenvalue weighted by molar-refractivity contribution is -0.118. The Labute approximate surface area is 167 Å². The third-order valence-electron chi connectivity index (χ3n) is 4.10. The zero-order chi connectivity index (χ0) is 19.9. The quantitative estimate of drug-likeness (QED) is 0.361. The molecule has 7 heteroatoms. The maximum atomic E-state index is 13.1. The van der Waals surface area contributed by atoms with Gasteiger partial charge in [-0.1, -0.05) is 42.1 Å². The second kappa shape index (κ2) is 9.23. The van der Waals surface area contributed by atoms with Gasteiger partial charge in [0, 0.05) is 6.54 Å². The van der Waals surface area contributed by atoms with E-state index >= 15 is 0 Å². The van der Waals surface area contributed by atoms with Crippen LogP contribution in [-0.4, -0.2) is 34.9 Å². The molecule has 1 heterocycles. The molecule has 144 valence electrons. The van der Waals surface area contributed by atoms with Crippen molar-refractivity contribution >= 4 is 28.6 Å². The van der Waals surface area contributed by atoms with Gasteiger partial charge >= 0.3 is 0 Å². The second-order valence-corrected chi connectivity index (χ2v) is 6.97. The van der Waals surface area contributed by atoms with E-state index in [1.807, 2.05) is 36.4 Å². The van der Waals surface area contributed by atoms with Gasteiger partial charge in [-0.2, -0.15) is 0 Å². The summed E-state index contributed by atoms with van der Waals surface area (Å²) < 4.78 is 6.79. The molecule has 0 saturated carbocycles. The lowest BCUT2D eigenvalue weighted by Gasteiger charge is -2.13. The molecule has 0 bridgehead atoms. The van der Waals surface area contributed by atoms with Crippen LogP contribution in [0.2, 0.25) is 0 Å². The molecule has 0 aliphatic carbocycles. The summed E-state index contributed by atoms with van der Waals surface area (Å²) in [5.41, 5.74) is 1.43. The summed E-state index contributed by atoms with van der Waals surface area (Å²) in [6, 6.07) is 14.7. The molecule has 0 atom stereocenters. The van der Waals surface area contributed by atoms with Crippen molar-refractivity contribution in [3.05, 3.63) is 77.1 Å². The molecule has 0 fully saturated rings. The Morgan fingerprint density at radius 2 is 2.00 bits per heavy atom. The van der Waals surface area contributed by atoms with Crippen LogP contribution in [-0.2, 0) is 11.3 Å². The van der Waals surface area contributed by atoms with Crippen LogP contribution in [0.25, 0.3) is 10.9 Å². The topological polar surface area (TPSA) is 73.2 Å². The number of rotatable bonds is 8. The first-order valence-electron chi connectivity index (χ1n) is 8.75. The molecule has 6 nitrogen and oxygen atoms in total. The summed E-state index contributed by atoms with van der Waals surface area (Å²) in [5, 5.41) is 3.79. The number of fused-ring (bicyclic) bond motifs is 1. The van der Waals surface area contributed by atoms with Crippen LogP contribution >= 0.6 is 11.8 Å². The molecule has 1 aromatic heterocycles. The highest BCUT2D eigenvalue weighted by atomic mass is 32.2. The predicted molar refractivity (Wildman–Crippen MR) is 112 cm³/mol. The summed E-state index contributed by atoms with van der Waals surface area (Å²) in [6.07, 6.45) is 1.62. The maximum Gasteiger partial charge on any atom is 0.262 e. The van der Waals surface area contributed by atoms with E-state index in [0.29, 0.717) is 29.1 Å². The van der Waals surface area contributed by atoms with Gasteiger partial charge in [0.25, 0.3) is 5.56 Å². The van der Waals surface area contributed by atoms with Crippen LogP contribution in [0.15, 0.2) is 71.1 Å². The monoisotopic (exact) mass is 395 g/mol. The summed E-state index contributed by atoms with van der Waals surface area (Å²) >= 11 is 1.24. The normalized spacial score (nSPS) is 10.6. The van der Waals surface area contributed by atoms with Crippen molar-refractivity contribution in [2.45, 2.75) is 11.7 Å². The van der Waals surface area contributed by atoms with Crippen molar-refractivity contribution in [1.29, 1.82) is 0 Å². The number of benzene rings is 2. The number of hydrogen-bond acceptors (Lipinski definition) is 5. The van der Waals surface area contributed by atoms with Gasteiger partial charge in [0.05, 0.1) is 30.3 Å². The van der Waals surface area contributed by atoms with Crippen LogP contribution in [0, 0.1) is 0 Å². The molecule has 0 spiro atoms.